The molecule has 98 valence electrons. The van der Waals surface area contributed by atoms with Gasteiger partial charge in [0.05, 0.1) is 24.4 Å². The normalized spacial score (nSPS) is 25.1. The lowest BCUT2D eigenvalue weighted by atomic mass is 10.2. The van der Waals surface area contributed by atoms with Gasteiger partial charge in [-0.05, 0) is 26.0 Å². The summed E-state index contributed by atoms with van der Waals surface area (Å²) in [6, 6.07) is 10.0. The third kappa shape index (κ3) is 3.00. The van der Waals surface area contributed by atoms with Gasteiger partial charge in [0, 0.05) is 6.54 Å². The monoisotopic (exact) mass is 248 g/mol. The fraction of sp³-hybridized carbons (Fsp3) is 0.462. The first kappa shape index (κ1) is 12.9. The third-order valence-corrected chi connectivity index (χ3v) is 3.00. The maximum Gasteiger partial charge on any atom is 0.214 e. The summed E-state index contributed by atoms with van der Waals surface area (Å²) in [7, 11) is 0. The molecule has 0 aliphatic carbocycles. The minimum absolute atomic E-state index is 0.190. The number of guanidine groups is 1. The lowest BCUT2D eigenvalue weighted by Crippen LogP contribution is -2.55. The molecule has 0 aromatic heterocycles. The largest absolute Gasteiger partial charge is 0.375 e. The second-order valence-corrected chi connectivity index (χ2v) is 4.56. The van der Waals surface area contributed by atoms with Gasteiger partial charge in [0.15, 0.2) is 0 Å². The lowest BCUT2D eigenvalue weighted by molar-refractivity contribution is -0.0235. The third-order valence-electron chi connectivity index (χ3n) is 3.00. The molecule has 2 rings (SSSR count). The van der Waals surface area contributed by atoms with Gasteiger partial charge in [-0.3, -0.25) is 5.43 Å². The first-order valence-electron chi connectivity index (χ1n) is 6.19. The van der Waals surface area contributed by atoms with Crippen LogP contribution in [0.1, 0.15) is 13.8 Å². The van der Waals surface area contributed by atoms with Crippen LogP contribution in [0.15, 0.2) is 35.3 Å². The Balaban J connectivity index is 2.19. The summed E-state index contributed by atoms with van der Waals surface area (Å²) in [5.74, 6) is 6.28. The van der Waals surface area contributed by atoms with E-state index in [1.807, 2.05) is 30.3 Å². The molecule has 1 aliphatic heterocycles. The van der Waals surface area contributed by atoms with Crippen molar-refractivity contribution >= 4 is 11.6 Å². The van der Waals surface area contributed by atoms with Crippen LogP contribution in [0, 0.1) is 0 Å². The zero-order valence-electron chi connectivity index (χ0n) is 10.8. The van der Waals surface area contributed by atoms with Crippen molar-refractivity contribution in [2.45, 2.75) is 26.0 Å². The zero-order valence-corrected chi connectivity index (χ0v) is 10.8. The minimum Gasteiger partial charge on any atom is -0.375 e. The van der Waals surface area contributed by atoms with Gasteiger partial charge >= 0.3 is 0 Å². The molecule has 3 N–H and O–H groups in total. The number of rotatable bonds is 1. The molecule has 0 radical (unpaired) electrons. The number of nitrogens with zero attached hydrogens (tertiary/aromatic N) is 2. The van der Waals surface area contributed by atoms with Gasteiger partial charge in [0.25, 0.3) is 0 Å². The van der Waals surface area contributed by atoms with Gasteiger partial charge in [-0.2, -0.15) is 0 Å². The Kier molecular flexibility index (Phi) is 4.17. The molecule has 1 heterocycles. The fourth-order valence-electron chi connectivity index (χ4n) is 2.00. The van der Waals surface area contributed by atoms with Gasteiger partial charge in [-0.1, -0.05) is 18.2 Å². The Labute approximate surface area is 108 Å². The van der Waals surface area contributed by atoms with E-state index in [1.165, 1.54) is 0 Å². The van der Waals surface area contributed by atoms with E-state index in [9.17, 15) is 0 Å². The molecule has 1 saturated heterocycles. The molecule has 1 aromatic rings. The predicted molar refractivity (Wildman–Crippen MR) is 72.4 cm³/mol. The quantitative estimate of drug-likeness (QED) is 0.340. The number of aliphatic imine (C=N–C) groups is 1. The topological polar surface area (TPSA) is 62.9 Å². The Hall–Kier alpha value is -1.59. The minimum atomic E-state index is 0.190. The molecule has 1 aromatic carbocycles. The molecule has 0 bridgehead atoms. The molecular weight excluding hydrogens is 228 g/mol. The molecular formula is C13H20N4O. The number of hydrogen-bond donors (Lipinski definition) is 2. The van der Waals surface area contributed by atoms with Gasteiger partial charge in [0.1, 0.15) is 0 Å². The van der Waals surface area contributed by atoms with Crippen LogP contribution >= 0.6 is 0 Å². The van der Waals surface area contributed by atoms with E-state index >= 15 is 0 Å². The first-order chi connectivity index (χ1) is 8.70. The van der Waals surface area contributed by atoms with Crippen molar-refractivity contribution in [3.63, 3.8) is 0 Å². The van der Waals surface area contributed by atoms with Crippen LogP contribution in [0.4, 0.5) is 5.69 Å². The zero-order chi connectivity index (χ0) is 13.0. The molecule has 5 heteroatoms. The Morgan fingerprint density at radius 1 is 1.39 bits per heavy atom. The molecule has 5 nitrogen and oxygen atoms in total. The van der Waals surface area contributed by atoms with Crippen LogP contribution in [0.5, 0.6) is 0 Å². The number of para-hydroxylation sites is 1. The highest BCUT2D eigenvalue weighted by atomic mass is 16.5. The number of hydrogen-bond acceptors (Lipinski definition) is 3. The van der Waals surface area contributed by atoms with Crippen LogP contribution < -0.4 is 11.3 Å². The lowest BCUT2D eigenvalue weighted by Gasteiger charge is -2.38. The van der Waals surface area contributed by atoms with Gasteiger partial charge in [-0.15, -0.1) is 0 Å². The van der Waals surface area contributed by atoms with Gasteiger partial charge < -0.3 is 9.64 Å². The second kappa shape index (κ2) is 5.84. The molecule has 2 unspecified atom stereocenters. The summed E-state index contributed by atoms with van der Waals surface area (Å²) >= 11 is 0. The van der Waals surface area contributed by atoms with E-state index in [4.69, 9.17) is 10.6 Å². The van der Waals surface area contributed by atoms with E-state index < -0.39 is 0 Å². The highest BCUT2D eigenvalue weighted by Crippen LogP contribution is 2.15. The van der Waals surface area contributed by atoms with Crippen molar-refractivity contribution in [3.8, 4) is 0 Å². The second-order valence-electron chi connectivity index (χ2n) is 4.56. The smallest absolute Gasteiger partial charge is 0.214 e. The van der Waals surface area contributed by atoms with Crippen molar-refractivity contribution in [2.24, 2.45) is 10.8 Å². The van der Waals surface area contributed by atoms with Crippen molar-refractivity contribution < 1.29 is 4.74 Å². The van der Waals surface area contributed by atoms with E-state index in [-0.39, 0.29) is 12.1 Å². The average molecular weight is 248 g/mol. The number of nitrogens with one attached hydrogen (secondary N) is 1. The van der Waals surface area contributed by atoms with Crippen LogP contribution in [0.3, 0.4) is 0 Å². The average Bonchev–Trinajstić information content (AvgIpc) is 2.40. The summed E-state index contributed by atoms with van der Waals surface area (Å²) < 4.78 is 5.60. The predicted octanol–water partition coefficient (Wildman–Crippen LogP) is 1.25. The van der Waals surface area contributed by atoms with Crippen molar-refractivity contribution in [2.75, 3.05) is 13.2 Å². The van der Waals surface area contributed by atoms with Crippen molar-refractivity contribution in [3.05, 3.63) is 30.3 Å². The molecule has 0 saturated carbocycles. The fourth-order valence-corrected chi connectivity index (χ4v) is 2.00. The van der Waals surface area contributed by atoms with Gasteiger partial charge in [-0.25, -0.2) is 10.8 Å². The SMILES string of the molecule is CC1CN(C(=Nc2ccccc2)NN)C(C)CO1. The maximum absolute atomic E-state index is 5.60. The number of nitrogens with two attached hydrogens (primary N) is 1. The standard InChI is InChI=1S/C13H20N4O/c1-10-9-18-11(2)8-17(10)13(16-14)15-12-6-4-3-5-7-12/h3-7,10-11H,8-9,14H2,1-2H3,(H,15,16). The molecule has 0 amide bonds. The maximum atomic E-state index is 5.60. The van der Waals surface area contributed by atoms with Gasteiger partial charge in [0.2, 0.25) is 5.96 Å². The van der Waals surface area contributed by atoms with Crippen LogP contribution in [-0.2, 0) is 4.74 Å². The van der Waals surface area contributed by atoms with Crippen LogP contribution in [0.2, 0.25) is 0 Å². The van der Waals surface area contributed by atoms with E-state index in [1.54, 1.807) is 0 Å². The number of hydrazine groups is 1. The molecule has 1 fully saturated rings. The van der Waals surface area contributed by atoms with E-state index in [0.717, 1.165) is 12.2 Å². The summed E-state index contributed by atoms with van der Waals surface area (Å²) in [6.45, 7) is 5.63. The molecule has 2 atom stereocenters. The Bertz CT molecular complexity index is 407. The Morgan fingerprint density at radius 3 is 2.78 bits per heavy atom. The number of benzene rings is 1. The van der Waals surface area contributed by atoms with E-state index in [0.29, 0.717) is 12.6 Å². The van der Waals surface area contributed by atoms with E-state index in [2.05, 4.69) is 29.2 Å². The van der Waals surface area contributed by atoms with Crippen molar-refractivity contribution in [1.29, 1.82) is 0 Å². The van der Waals surface area contributed by atoms with Crippen LogP contribution in [0.25, 0.3) is 0 Å². The summed E-state index contributed by atoms with van der Waals surface area (Å²) in [6.07, 6.45) is 0.190. The molecule has 18 heavy (non-hydrogen) atoms. The summed E-state index contributed by atoms with van der Waals surface area (Å²) in [5, 5.41) is 0. The summed E-state index contributed by atoms with van der Waals surface area (Å²) in [5.41, 5.74) is 3.58. The number of ether oxygens (including phenoxy) is 1. The highest BCUT2D eigenvalue weighted by Gasteiger charge is 2.25. The number of morpholine rings is 1. The highest BCUT2D eigenvalue weighted by molar-refractivity contribution is 5.82. The molecule has 0 spiro atoms. The first-order valence-corrected chi connectivity index (χ1v) is 6.19. The molecule has 1 aliphatic rings. The van der Waals surface area contributed by atoms with Crippen molar-refractivity contribution in [1.82, 2.24) is 10.3 Å². The summed E-state index contributed by atoms with van der Waals surface area (Å²) in [4.78, 5) is 6.68. The Morgan fingerprint density at radius 2 is 2.11 bits per heavy atom. The van der Waals surface area contributed by atoms with Crippen LogP contribution in [-0.4, -0.2) is 36.2 Å².